The van der Waals surface area contributed by atoms with Gasteiger partial charge < -0.3 is 5.32 Å². The number of aromatic nitrogens is 2. The lowest BCUT2D eigenvalue weighted by Crippen LogP contribution is -2.24. The Labute approximate surface area is 125 Å². The van der Waals surface area contributed by atoms with E-state index in [-0.39, 0.29) is 5.82 Å². The second-order valence-corrected chi connectivity index (χ2v) is 6.01. The number of nitrogens with one attached hydrogen (secondary N) is 1. The molecular formula is C17H22FN3. The summed E-state index contributed by atoms with van der Waals surface area (Å²) in [5, 5.41) is 3.50. The van der Waals surface area contributed by atoms with Crippen molar-refractivity contribution >= 4 is 5.95 Å². The van der Waals surface area contributed by atoms with Gasteiger partial charge in [-0.3, -0.25) is 4.57 Å². The van der Waals surface area contributed by atoms with Crippen LogP contribution < -0.4 is 5.32 Å². The van der Waals surface area contributed by atoms with Crippen LogP contribution in [0.2, 0.25) is 0 Å². The van der Waals surface area contributed by atoms with Crippen LogP contribution in [-0.2, 0) is 0 Å². The van der Waals surface area contributed by atoms with Crippen LogP contribution in [0, 0.1) is 19.7 Å². The third kappa shape index (κ3) is 3.09. The maximum atomic E-state index is 14.2. The fourth-order valence-corrected chi connectivity index (χ4v) is 3.02. The second kappa shape index (κ2) is 5.88. The summed E-state index contributed by atoms with van der Waals surface area (Å²) >= 11 is 0. The van der Waals surface area contributed by atoms with Crippen LogP contribution in [0.15, 0.2) is 24.4 Å². The van der Waals surface area contributed by atoms with Gasteiger partial charge in [0.25, 0.3) is 0 Å². The molecule has 0 aliphatic heterocycles. The molecule has 0 spiro atoms. The lowest BCUT2D eigenvalue weighted by atomic mass is 9.96. The summed E-state index contributed by atoms with van der Waals surface area (Å²) in [5.41, 5.74) is 2.38. The van der Waals surface area contributed by atoms with Crippen LogP contribution in [-0.4, -0.2) is 15.6 Å². The van der Waals surface area contributed by atoms with Gasteiger partial charge in [0.15, 0.2) is 0 Å². The number of hydrogen-bond donors (Lipinski definition) is 1. The van der Waals surface area contributed by atoms with E-state index in [1.165, 1.54) is 32.1 Å². The molecule has 1 heterocycles. The molecular weight excluding hydrogens is 265 g/mol. The summed E-state index contributed by atoms with van der Waals surface area (Å²) in [6, 6.07) is 5.76. The molecule has 2 aromatic rings. The highest BCUT2D eigenvalue weighted by atomic mass is 19.1. The number of hydrogen-bond acceptors (Lipinski definition) is 2. The SMILES string of the molecule is Cc1ccc(-n2cc(C)nc2NC2CCCCC2)c(F)c1. The van der Waals surface area contributed by atoms with E-state index in [0.717, 1.165) is 17.2 Å². The van der Waals surface area contributed by atoms with Crippen LogP contribution in [0.25, 0.3) is 5.69 Å². The molecule has 21 heavy (non-hydrogen) atoms. The van der Waals surface area contributed by atoms with Crippen molar-refractivity contribution in [3.05, 3.63) is 41.5 Å². The average molecular weight is 287 g/mol. The first-order chi connectivity index (χ1) is 10.1. The lowest BCUT2D eigenvalue weighted by Gasteiger charge is -2.23. The third-order valence-corrected chi connectivity index (χ3v) is 4.13. The van der Waals surface area contributed by atoms with E-state index < -0.39 is 0 Å². The molecule has 0 saturated heterocycles. The molecule has 1 N–H and O–H groups in total. The van der Waals surface area contributed by atoms with Crippen molar-refractivity contribution in [2.45, 2.75) is 52.0 Å². The quantitative estimate of drug-likeness (QED) is 0.908. The summed E-state index contributed by atoms with van der Waals surface area (Å²) in [4.78, 5) is 4.53. The first kappa shape index (κ1) is 14.1. The van der Waals surface area contributed by atoms with Gasteiger partial charge >= 0.3 is 0 Å². The van der Waals surface area contributed by atoms with Crippen LogP contribution >= 0.6 is 0 Å². The topological polar surface area (TPSA) is 29.9 Å². The number of rotatable bonds is 3. The van der Waals surface area contributed by atoms with Gasteiger partial charge in [-0.05, 0) is 44.4 Å². The largest absolute Gasteiger partial charge is 0.353 e. The molecule has 1 aromatic carbocycles. The summed E-state index contributed by atoms with van der Waals surface area (Å²) < 4.78 is 16.1. The molecule has 3 nitrogen and oxygen atoms in total. The highest BCUT2D eigenvalue weighted by molar-refractivity contribution is 5.45. The Bertz CT molecular complexity index is 627. The molecule has 1 saturated carbocycles. The number of anilines is 1. The zero-order valence-electron chi connectivity index (χ0n) is 12.7. The van der Waals surface area contributed by atoms with Gasteiger partial charge in [0.1, 0.15) is 5.82 Å². The number of imidazole rings is 1. The summed E-state index contributed by atoms with van der Waals surface area (Å²) in [6.45, 7) is 3.84. The molecule has 0 atom stereocenters. The number of halogens is 1. The Hall–Kier alpha value is -1.84. The van der Waals surface area contributed by atoms with Gasteiger partial charge in [-0.2, -0.15) is 0 Å². The maximum absolute atomic E-state index is 14.2. The van der Waals surface area contributed by atoms with Crippen LogP contribution in [0.3, 0.4) is 0 Å². The minimum atomic E-state index is -0.209. The molecule has 1 aliphatic rings. The van der Waals surface area contributed by atoms with Crippen LogP contribution in [0.5, 0.6) is 0 Å². The molecule has 1 aliphatic carbocycles. The molecule has 3 rings (SSSR count). The van der Waals surface area contributed by atoms with Gasteiger partial charge in [0.2, 0.25) is 5.95 Å². The third-order valence-electron chi connectivity index (χ3n) is 4.13. The average Bonchev–Trinajstić information content (AvgIpc) is 2.80. The lowest BCUT2D eigenvalue weighted by molar-refractivity contribution is 0.460. The van der Waals surface area contributed by atoms with Gasteiger partial charge in [-0.15, -0.1) is 0 Å². The Morgan fingerprint density at radius 2 is 1.95 bits per heavy atom. The highest BCUT2D eigenvalue weighted by Gasteiger charge is 2.17. The van der Waals surface area contributed by atoms with Crippen molar-refractivity contribution in [3.63, 3.8) is 0 Å². The molecule has 1 fully saturated rings. The maximum Gasteiger partial charge on any atom is 0.208 e. The van der Waals surface area contributed by atoms with Crippen molar-refractivity contribution in [2.24, 2.45) is 0 Å². The van der Waals surface area contributed by atoms with Gasteiger partial charge in [0, 0.05) is 12.2 Å². The minimum absolute atomic E-state index is 0.209. The van der Waals surface area contributed by atoms with Crippen molar-refractivity contribution in [2.75, 3.05) is 5.32 Å². The van der Waals surface area contributed by atoms with E-state index in [0.29, 0.717) is 11.7 Å². The molecule has 112 valence electrons. The van der Waals surface area contributed by atoms with E-state index in [1.54, 1.807) is 6.07 Å². The predicted octanol–water partition coefficient (Wildman–Crippen LogP) is 4.37. The van der Waals surface area contributed by atoms with Gasteiger partial charge in [0.05, 0.1) is 11.4 Å². The van der Waals surface area contributed by atoms with E-state index in [1.807, 2.05) is 36.7 Å². The van der Waals surface area contributed by atoms with E-state index in [9.17, 15) is 4.39 Å². The Morgan fingerprint density at radius 3 is 2.67 bits per heavy atom. The van der Waals surface area contributed by atoms with Crippen molar-refractivity contribution in [1.82, 2.24) is 9.55 Å². The first-order valence-corrected chi connectivity index (χ1v) is 7.72. The molecule has 0 bridgehead atoms. The van der Waals surface area contributed by atoms with Gasteiger partial charge in [-0.25, -0.2) is 9.37 Å². The Kier molecular flexibility index (Phi) is 3.95. The summed E-state index contributed by atoms with van der Waals surface area (Å²) in [5.74, 6) is 0.543. The van der Waals surface area contributed by atoms with E-state index in [2.05, 4.69) is 10.3 Å². The molecule has 0 radical (unpaired) electrons. The minimum Gasteiger partial charge on any atom is -0.353 e. The smallest absolute Gasteiger partial charge is 0.208 e. The number of benzene rings is 1. The van der Waals surface area contributed by atoms with Crippen molar-refractivity contribution in [1.29, 1.82) is 0 Å². The van der Waals surface area contributed by atoms with Crippen LogP contribution in [0.4, 0.5) is 10.3 Å². The second-order valence-electron chi connectivity index (χ2n) is 6.01. The Morgan fingerprint density at radius 1 is 1.19 bits per heavy atom. The normalized spacial score (nSPS) is 16.1. The summed E-state index contributed by atoms with van der Waals surface area (Å²) in [6.07, 6.45) is 8.06. The number of nitrogens with zero attached hydrogens (tertiary/aromatic N) is 2. The molecule has 4 heteroatoms. The standard InChI is InChI=1S/C17H22FN3/c1-12-8-9-16(15(18)10-12)21-11-13(2)19-17(21)20-14-6-4-3-5-7-14/h8-11,14H,3-7H2,1-2H3,(H,19,20). The first-order valence-electron chi connectivity index (χ1n) is 7.72. The van der Waals surface area contributed by atoms with Crippen molar-refractivity contribution in [3.8, 4) is 5.69 Å². The fraction of sp³-hybridized carbons (Fsp3) is 0.471. The molecule has 0 unspecified atom stereocenters. The Balaban J connectivity index is 1.91. The summed E-state index contributed by atoms with van der Waals surface area (Å²) in [7, 11) is 0. The zero-order valence-corrected chi connectivity index (χ0v) is 12.7. The van der Waals surface area contributed by atoms with E-state index in [4.69, 9.17) is 0 Å². The van der Waals surface area contributed by atoms with Crippen LogP contribution in [0.1, 0.15) is 43.4 Å². The molecule has 1 aromatic heterocycles. The fourth-order valence-electron chi connectivity index (χ4n) is 3.02. The predicted molar refractivity (Wildman–Crippen MR) is 83.5 cm³/mol. The number of aryl methyl sites for hydroxylation is 2. The monoisotopic (exact) mass is 287 g/mol. The van der Waals surface area contributed by atoms with E-state index >= 15 is 0 Å². The van der Waals surface area contributed by atoms with Gasteiger partial charge in [-0.1, -0.05) is 25.3 Å². The highest BCUT2D eigenvalue weighted by Crippen LogP contribution is 2.24. The molecule has 0 amide bonds. The van der Waals surface area contributed by atoms with Crippen molar-refractivity contribution < 1.29 is 4.39 Å². The zero-order chi connectivity index (χ0) is 14.8.